The lowest BCUT2D eigenvalue weighted by Crippen LogP contribution is -2.05. The molecule has 1 N–H and O–H groups in total. The minimum atomic E-state index is -0.672. The van der Waals surface area contributed by atoms with Crippen LogP contribution in [0.1, 0.15) is 26.7 Å². The average Bonchev–Trinajstić information content (AvgIpc) is 2.02. The number of aliphatic hydroxyl groups excluding tert-OH is 1. The molecular formula is C10H18O2. The molecule has 0 rings (SSSR count). The van der Waals surface area contributed by atoms with Gasteiger partial charge in [-0.05, 0) is 13.3 Å². The number of hydrogen-bond donors (Lipinski definition) is 1. The van der Waals surface area contributed by atoms with Crippen molar-refractivity contribution in [2.45, 2.75) is 33.0 Å². The van der Waals surface area contributed by atoms with Crippen molar-refractivity contribution in [3.8, 4) is 0 Å². The van der Waals surface area contributed by atoms with Crippen LogP contribution in [0.3, 0.4) is 0 Å². The van der Waals surface area contributed by atoms with Gasteiger partial charge in [0.2, 0.25) is 0 Å². The first-order valence-corrected chi connectivity index (χ1v) is 4.38. The summed E-state index contributed by atoms with van der Waals surface area (Å²) in [5.74, 6) is 0. The quantitative estimate of drug-likeness (QED) is 0.489. The van der Waals surface area contributed by atoms with Crippen LogP contribution in [0.5, 0.6) is 0 Å². The van der Waals surface area contributed by atoms with Crippen molar-refractivity contribution < 1.29 is 9.84 Å². The lowest BCUT2D eigenvalue weighted by atomic mass is 10.3. The van der Waals surface area contributed by atoms with Crippen molar-refractivity contribution in [2.75, 3.05) is 6.61 Å². The summed E-state index contributed by atoms with van der Waals surface area (Å²) in [6.07, 6.45) is 9.52. The molecule has 0 saturated carbocycles. The van der Waals surface area contributed by atoms with Gasteiger partial charge in [0.05, 0.1) is 6.61 Å². The fraction of sp³-hybridized carbons (Fsp3) is 0.600. The fourth-order valence-corrected chi connectivity index (χ4v) is 0.670. The lowest BCUT2D eigenvalue weighted by molar-refractivity contribution is -0.0740. The summed E-state index contributed by atoms with van der Waals surface area (Å²) in [4.78, 5) is 0. The normalized spacial score (nSPS) is 14.6. The molecule has 0 aliphatic heterocycles. The molecule has 12 heavy (non-hydrogen) atoms. The minimum absolute atomic E-state index is 0.466. The predicted octanol–water partition coefficient (Wildman–Crippen LogP) is 2.25. The van der Waals surface area contributed by atoms with Gasteiger partial charge in [-0.1, -0.05) is 37.6 Å². The third-order valence-corrected chi connectivity index (χ3v) is 1.27. The average molecular weight is 170 g/mol. The molecule has 1 atom stereocenters. The molecule has 70 valence electrons. The van der Waals surface area contributed by atoms with E-state index in [1.54, 1.807) is 6.92 Å². The van der Waals surface area contributed by atoms with Crippen LogP contribution in [0.15, 0.2) is 24.3 Å². The highest BCUT2D eigenvalue weighted by Crippen LogP contribution is 1.89. The summed E-state index contributed by atoms with van der Waals surface area (Å²) in [7, 11) is 0. The van der Waals surface area contributed by atoms with Gasteiger partial charge in [0, 0.05) is 0 Å². The first kappa shape index (κ1) is 11.4. The molecule has 0 aliphatic rings. The van der Waals surface area contributed by atoms with E-state index >= 15 is 0 Å². The molecule has 0 amide bonds. The highest BCUT2D eigenvalue weighted by atomic mass is 16.6. The summed E-state index contributed by atoms with van der Waals surface area (Å²) in [5, 5.41) is 8.72. The Morgan fingerprint density at radius 2 is 2.00 bits per heavy atom. The van der Waals surface area contributed by atoms with E-state index in [1.807, 2.05) is 18.2 Å². The van der Waals surface area contributed by atoms with E-state index in [9.17, 15) is 0 Å². The standard InChI is InChI=1S/C10H18O2/c1-3-4-5-6-7-8-9-12-10(2)11/h5-8,10-11H,3-4,9H2,1-2H3. The molecule has 0 bridgehead atoms. The zero-order valence-corrected chi connectivity index (χ0v) is 7.86. The van der Waals surface area contributed by atoms with Crippen LogP contribution < -0.4 is 0 Å². The number of allylic oxidation sites excluding steroid dienone is 3. The largest absolute Gasteiger partial charge is 0.368 e. The monoisotopic (exact) mass is 170 g/mol. The van der Waals surface area contributed by atoms with Gasteiger partial charge in [0.25, 0.3) is 0 Å². The first-order chi connectivity index (χ1) is 5.77. The van der Waals surface area contributed by atoms with Gasteiger partial charge in [-0.2, -0.15) is 0 Å². The Balaban J connectivity index is 3.25. The van der Waals surface area contributed by atoms with Crippen molar-refractivity contribution in [3.63, 3.8) is 0 Å². The maximum absolute atomic E-state index is 8.72. The van der Waals surface area contributed by atoms with Crippen LogP contribution in [0.2, 0.25) is 0 Å². The number of rotatable bonds is 6. The van der Waals surface area contributed by atoms with Crippen LogP contribution in [0.4, 0.5) is 0 Å². The summed E-state index contributed by atoms with van der Waals surface area (Å²) in [5.41, 5.74) is 0. The Morgan fingerprint density at radius 3 is 2.58 bits per heavy atom. The molecule has 0 aliphatic carbocycles. The molecule has 0 aromatic carbocycles. The van der Waals surface area contributed by atoms with E-state index in [0.717, 1.165) is 6.42 Å². The van der Waals surface area contributed by atoms with Gasteiger partial charge in [-0.25, -0.2) is 0 Å². The van der Waals surface area contributed by atoms with Gasteiger partial charge in [-0.15, -0.1) is 0 Å². The van der Waals surface area contributed by atoms with E-state index < -0.39 is 6.29 Å². The number of aliphatic hydroxyl groups is 1. The van der Waals surface area contributed by atoms with Gasteiger partial charge < -0.3 is 9.84 Å². The second-order valence-electron chi connectivity index (χ2n) is 2.58. The van der Waals surface area contributed by atoms with Crippen LogP contribution in [-0.2, 0) is 4.74 Å². The molecule has 2 nitrogen and oxygen atoms in total. The molecule has 2 heteroatoms. The van der Waals surface area contributed by atoms with Crippen molar-refractivity contribution in [3.05, 3.63) is 24.3 Å². The summed E-state index contributed by atoms with van der Waals surface area (Å²) < 4.78 is 4.88. The molecule has 0 aromatic rings. The Labute approximate surface area is 74.6 Å². The smallest absolute Gasteiger partial charge is 0.152 e. The summed E-state index contributed by atoms with van der Waals surface area (Å²) in [6, 6.07) is 0. The van der Waals surface area contributed by atoms with Crippen LogP contribution >= 0.6 is 0 Å². The second kappa shape index (κ2) is 8.50. The SMILES string of the molecule is CCCC=CC=CCOC(C)O. The van der Waals surface area contributed by atoms with Crippen molar-refractivity contribution in [2.24, 2.45) is 0 Å². The maximum Gasteiger partial charge on any atom is 0.152 e. The highest BCUT2D eigenvalue weighted by Gasteiger charge is 1.87. The highest BCUT2D eigenvalue weighted by molar-refractivity contribution is 5.02. The molecule has 0 radical (unpaired) electrons. The maximum atomic E-state index is 8.72. The Bertz CT molecular complexity index is 137. The number of unbranched alkanes of at least 4 members (excludes halogenated alkanes) is 1. The van der Waals surface area contributed by atoms with E-state index in [2.05, 4.69) is 13.0 Å². The molecule has 1 unspecified atom stereocenters. The van der Waals surface area contributed by atoms with Gasteiger partial charge in [0.15, 0.2) is 6.29 Å². The predicted molar refractivity (Wildman–Crippen MR) is 50.8 cm³/mol. The van der Waals surface area contributed by atoms with Gasteiger partial charge in [0.1, 0.15) is 0 Å². The van der Waals surface area contributed by atoms with Crippen LogP contribution in [-0.4, -0.2) is 18.0 Å². The molecule has 0 fully saturated rings. The summed E-state index contributed by atoms with van der Waals surface area (Å²) in [6.45, 7) is 4.21. The van der Waals surface area contributed by atoms with E-state index in [-0.39, 0.29) is 0 Å². The first-order valence-electron chi connectivity index (χ1n) is 4.38. The number of hydrogen-bond acceptors (Lipinski definition) is 2. The third kappa shape index (κ3) is 9.40. The Morgan fingerprint density at radius 1 is 1.33 bits per heavy atom. The molecule has 0 spiro atoms. The summed E-state index contributed by atoms with van der Waals surface area (Å²) >= 11 is 0. The fourth-order valence-electron chi connectivity index (χ4n) is 0.670. The van der Waals surface area contributed by atoms with Gasteiger partial charge >= 0.3 is 0 Å². The lowest BCUT2D eigenvalue weighted by Gasteiger charge is -2.00. The molecule has 0 saturated heterocycles. The minimum Gasteiger partial charge on any atom is -0.368 e. The van der Waals surface area contributed by atoms with E-state index in [1.165, 1.54) is 6.42 Å². The Hall–Kier alpha value is -0.600. The second-order valence-corrected chi connectivity index (χ2v) is 2.58. The van der Waals surface area contributed by atoms with Crippen molar-refractivity contribution in [1.82, 2.24) is 0 Å². The molecule has 0 aromatic heterocycles. The number of ether oxygens (including phenoxy) is 1. The third-order valence-electron chi connectivity index (χ3n) is 1.27. The molecule has 0 heterocycles. The van der Waals surface area contributed by atoms with Crippen molar-refractivity contribution >= 4 is 0 Å². The Kier molecular flexibility index (Phi) is 8.07. The van der Waals surface area contributed by atoms with Crippen molar-refractivity contribution in [1.29, 1.82) is 0 Å². The molecular weight excluding hydrogens is 152 g/mol. The van der Waals surface area contributed by atoms with E-state index in [0.29, 0.717) is 6.61 Å². The van der Waals surface area contributed by atoms with Gasteiger partial charge in [-0.3, -0.25) is 0 Å². The van der Waals surface area contributed by atoms with Crippen LogP contribution in [0.25, 0.3) is 0 Å². The topological polar surface area (TPSA) is 29.5 Å². The van der Waals surface area contributed by atoms with E-state index in [4.69, 9.17) is 9.84 Å². The zero-order valence-electron chi connectivity index (χ0n) is 7.86. The zero-order chi connectivity index (χ0) is 9.23. The van der Waals surface area contributed by atoms with Crippen LogP contribution in [0, 0.1) is 0 Å².